The van der Waals surface area contributed by atoms with E-state index >= 15 is 0 Å². The number of methoxy groups -OCH3 is 1. The predicted octanol–water partition coefficient (Wildman–Crippen LogP) is 5.24. The fourth-order valence-corrected chi connectivity index (χ4v) is 5.59. The number of amides is 3. The van der Waals surface area contributed by atoms with Gasteiger partial charge in [-0.1, -0.05) is 43.5 Å². The number of carbonyl (C=O) groups is 3. The van der Waals surface area contributed by atoms with Gasteiger partial charge >= 0.3 is 0 Å². The number of nitrogens with one attached hydrogen (secondary N) is 1. The monoisotopic (exact) mass is 519 g/mol. The maximum atomic E-state index is 14.0. The summed E-state index contributed by atoms with van der Waals surface area (Å²) in [5.41, 5.74) is 3.30. The van der Waals surface area contributed by atoms with Gasteiger partial charge in [-0.25, -0.2) is 0 Å². The first-order valence-electron chi connectivity index (χ1n) is 14.0. The lowest BCUT2D eigenvalue weighted by molar-refractivity contribution is -0.132. The van der Waals surface area contributed by atoms with E-state index < -0.39 is 6.04 Å². The van der Waals surface area contributed by atoms with Crippen LogP contribution in [0.2, 0.25) is 0 Å². The third-order valence-corrected chi connectivity index (χ3v) is 7.79. The number of anilines is 1. The van der Waals surface area contributed by atoms with Gasteiger partial charge in [-0.15, -0.1) is 0 Å². The Bertz CT molecular complexity index is 1120. The summed E-state index contributed by atoms with van der Waals surface area (Å²) in [4.78, 5) is 44.3. The molecule has 0 radical (unpaired) electrons. The molecule has 1 saturated carbocycles. The highest BCUT2D eigenvalue weighted by Crippen LogP contribution is 2.33. The van der Waals surface area contributed by atoms with Gasteiger partial charge in [-0.2, -0.15) is 0 Å². The fourth-order valence-electron chi connectivity index (χ4n) is 5.59. The van der Waals surface area contributed by atoms with Gasteiger partial charge in [0, 0.05) is 37.7 Å². The van der Waals surface area contributed by atoms with Gasteiger partial charge in [0.25, 0.3) is 0 Å². The molecule has 1 heterocycles. The van der Waals surface area contributed by atoms with E-state index in [2.05, 4.69) is 5.32 Å². The number of hydrogen-bond acceptors (Lipinski definition) is 4. The molecule has 7 nitrogen and oxygen atoms in total. The van der Waals surface area contributed by atoms with E-state index in [1.54, 1.807) is 12.0 Å². The van der Waals surface area contributed by atoms with Crippen molar-refractivity contribution in [3.8, 4) is 5.75 Å². The molecule has 7 heteroatoms. The zero-order valence-electron chi connectivity index (χ0n) is 23.0. The van der Waals surface area contributed by atoms with E-state index in [9.17, 15) is 14.4 Å². The Morgan fingerprint density at radius 1 is 0.947 bits per heavy atom. The smallest absolute Gasteiger partial charge is 0.248 e. The average molecular weight is 520 g/mol. The average Bonchev–Trinajstić information content (AvgIpc) is 3.48. The van der Waals surface area contributed by atoms with Crippen molar-refractivity contribution in [3.05, 3.63) is 59.2 Å². The maximum Gasteiger partial charge on any atom is 0.248 e. The zero-order chi connectivity index (χ0) is 27.1. The van der Waals surface area contributed by atoms with Gasteiger partial charge in [0.1, 0.15) is 11.8 Å². The van der Waals surface area contributed by atoms with E-state index in [-0.39, 0.29) is 36.6 Å². The summed E-state index contributed by atoms with van der Waals surface area (Å²) in [6.07, 6.45) is 7.47. The third kappa shape index (κ3) is 6.74. The lowest BCUT2D eigenvalue weighted by Gasteiger charge is -2.34. The zero-order valence-corrected chi connectivity index (χ0v) is 23.0. The van der Waals surface area contributed by atoms with Gasteiger partial charge in [0.15, 0.2) is 0 Å². The van der Waals surface area contributed by atoms with Gasteiger partial charge in [0.05, 0.1) is 7.11 Å². The molecule has 1 N–H and O–H groups in total. The topological polar surface area (TPSA) is 79.0 Å². The maximum absolute atomic E-state index is 14.0. The van der Waals surface area contributed by atoms with E-state index in [0.717, 1.165) is 62.7 Å². The molecule has 38 heavy (non-hydrogen) atoms. The van der Waals surface area contributed by atoms with E-state index in [4.69, 9.17) is 4.74 Å². The molecule has 1 saturated heterocycles. The Morgan fingerprint density at radius 3 is 2.29 bits per heavy atom. The van der Waals surface area contributed by atoms with Gasteiger partial charge in [-0.05, 0) is 74.4 Å². The van der Waals surface area contributed by atoms with Crippen LogP contribution in [-0.4, -0.2) is 48.9 Å². The molecule has 1 aliphatic carbocycles. The Hall–Kier alpha value is -3.35. The molecule has 204 valence electrons. The van der Waals surface area contributed by atoms with E-state index in [1.807, 2.05) is 61.2 Å². The van der Waals surface area contributed by atoms with Crippen LogP contribution in [0.15, 0.2) is 42.5 Å². The van der Waals surface area contributed by atoms with Crippen LogP contribution in [0.1, 0.15) is 80.5 Å². The lowest BCUT2D eigenvalue weighted by Crippen LogP contribution is -2.47. The second-order valence-electron chi connectivity index (χ2n) is 10.7. The summed E-state index contributed by atoms with van der Waals surface area (Å²) >= 11 is 0. The molecule has 0 spiro atoms. The van der Waals surface area contributed by atoms with Crippen molar-refractivity contribution < 1.29 is 19.1 Å². The first-order chi connectivity index (χ1) is 18.4. The number of benzene rings is 2. The molecule has 2 fully saturated rings. The van der Waals surface area contributed by atoms with E-state index in [0.29, 0.717) is 17.0 Å². The SMILES string of the molecule is COc1ccc([C@@H](C(=O)NC2CCCCC2)N(C(=O)CCC(=O)N2CCCC2)c2cc(C)ccc2C)cc1. The Morgan fingerprint density at radius 2 is 1.63 bits per heavy atom. The van der Waals surface area contributed by atoms with Crippen molar-refractivity contribution >= 4 is 23.4 Å². The Labute approximate surface area is 226 Å². The molecule has 2 aromatic carbocycles. The molecule has 2 aromatic rings. The Balaban J connectivity index is 1.70. The van der Waals surface area contributed by atoms with Crippen LogP contribution >= 0.6 is 0 Å². The van der Waals surface area contributed by atoms with Gasteiger partial charge in [0.2, 0.25) is 17.7 Å². The molecule has 0 bridgehead atoms. The minimum atomic E-state index is -0.863. The molecule has 4 rings (SSSR count). The first kappa shape index (κ1) is 27.7. The van der Waals surface area contributed by atoms with Crippen LogP contribution in [0.5, 0.6) is 5.75 Å². The van der Waals surface area contributed by atoms with Crippen molar-refractivity contribution in [3.63, 3.8) is 0 Å². The van der Waals surface area contributed by atoms with Crippen molar-refractivity contribution in [1.29, 1.82) is 0 Å². The number of rotatable bonds is 9. The number of hydrogen-bond donors (Lipinski definition) is 1. The minimum absolute atomic E-state index is 0.00409. The first-order valence-corrected chi connectivity index (χ1v) is 14.0. The highest BCUT2D eigenvalue weighted by molar-refractivity contribution is 6.03. The van der Waals surface area contributed by atoms with Crippen LogP contribution in [-0.2, 0) is 14.4 Å². The van der Waals surface area contributed by atoms with Crippen molar-refractivity contribution in [2.75, 3.05) is 25.1 Å². The largest absolute Gasteiger partial charge is 0.497 e. The molecular weight excluding hydrogens is 478 g/mol. The summed E-state index contributed by atoms with van der Waals surface area (Å²) < 4.78 is 5.35. The van der Waals surface area contributed by atoms with Crippen molar-refractivity contribution in [2.24, 2.45) is 0 Å². The van der Waals surface area contributed by atoms with E-state index in [1.165, 1.54) is 6.42 Å². The molecule has 2 aliphatic rings. The highest BCUT2D eigenvalue weighted by atomic mass is 16.5. The standard InChI is InChI=1S/C31H41N3O4/c1-22-11-12-23(2)27(21-22)34(29(36)18-17-28(35)33-19-7-8-20-33)30(24-13-15-26(38-3)16-14-24)31(37)32-25-9-5-4-6-10-25/h11-16,21,25,30H,4-10,17-20H2,1-3H3,(H,32,37)/t30-/m0/s1. The summed E-state index contributed by atoms with van der Waals surface area (Å²) in [5, 5.41) is 3.26. The molecule has 1 aliphatic heterocycles. The molecular formula is C31H41N3O4. The molecule has 0 aromatic heterocycles. The summed E-state index contributed by atoms with van der Waals surface area (Å²) in [7, 11) is 1.60. The number of likely N-dealkylation sites (tertiary alicyclic amines) is 1. The third-order valence-electron chi connectivity index (χ3n) is 7.79. The van der Waals surface area contributed by atoms with Gasteiger partial charge < -0.3 is 15.0 Å². The Kier molecular flexibility index (Phi) is 9.43. The van der Waals surface area contributed by atoms with Crippen LogP contribution in [0.3, 0.4) is 0 Å². The predicted molar refractivity (Wildman–Crippen MR) is 149 cm³/mol. The number of carbonyl (C=O) groups excluding carboxylic acids is 3. The number of ether oxygens (including phenoxy) is 1. The van der Waals surface area contributed by atoms with Crippen molar-refractivity contribution in [1.82, 2.24) is 10.2 Å². The van der Waals surface area contributed by atoms with Crippen molar-refractivity contribution in [2.45, 2.75) is 83.7 Å². The summed E-state index contributed by atoms with van der Waals surface area (Å²) in [6, 6.07) is 12.5. The lowest BCUT2D eigenvalue weighted by atomic mass is 9.94. The van der Waals surface area contributed by atoms with Crippen LogP contribution in [0.25, 0.3) is 0 Å². The highest BCUT2D eigenvalue weighted by Gasteiger charge is 2.35. The minimum Gasteiger partial charge on any atom is -0.497 e. The van der Waals surface area contributed by atoms with Gasteiger partial charge in [-0.3, -0.25) is 19.3 Å². The molecule has 0 unspecified atom stereocenters. The number of aryl methyl sites for hydroxylation is 2. The second-order valence-corrected chi connectivity index (χ2v) is 10.7. The molecule has 3 amide bonds. The quantitative estimate of drug-likeness (QED) is 0.492. The summed E-state index contributed by atoms with van der Waals surface area (Å²) in [6.45, 7) is 5.44. The summed E-state index contributed by atoms with van der Waals surface area (Å²) in [5.74, 6) is 0.262. The number of nitrogens with zero attached hydrogens (tertiary/aromatic N) is 2. The second kappa shape index (κ2) is 12.9. The molecule has 1 atom stereocenters. The van der Waals surface area contributed by atoms with Crippen LogP contribution in [0, 0.1) is 13.8 Å². The fraction of sp³-hybridized carbons (Fsp3) is 0.516. The van der Waals surface area contributed by atoms with Crippen LogP contribution in [0.4, 0.5) is 5.69 Å². The normalized spacial score (nSPS) is 16.7. The van der Waals surface area contributed by atoms with Crippen LogP contribution < -0.4 is 15.0 Å².